The topological polar surface area (TPSA) is 59.4 Å². The van der Waals surface area contributed by atoms with Crippen LogP contribution in [-0.4, -0.2) is 21.7 Å². The molecule has 1 aromatic heterocycles. The van der Waals surface area contributed by atoms with Gasteiger partial charge >= 0.3 is 5.97 Å². The summed E-state index contributed by atoms with van der Waals surface area (Å²) in [5.41, 5.74) is -0.653. The number of benzene rings is 1. The van der Waals surface area contributed by atoms with E-state index in [2.05, 4.69) is 20.9 Å². The number of hydrogen-bond donors (Lipinski definition) is 1. The third-order valence-corrected chi connectivity index (χ3v) is 3.25. The Hall–Kier alpha value is -1.62. The third kappa shape index (κ3) is 2.31. The molecule has 94 valence electrons. The summed E-state index contributed by atoms with van der Waals surface area (Å²) in [6.45, 7) is 3.01. The van der Waals surface area contributed by atoms with Crippen LogP contribution in [0.3, 0.4) is 0 Å². The van der Waals surface area contributed by atoms with Crippen molar-refractivity contribution in [3.05, 3.63) is 34.9 Å². The first-order valence-electron chi connectivity index (χ1n) is 5.37. The number of fused-ring (bicyclic) bond motifs is 1. The first kappa shape index (κ1) is 12.8. The zero-order chi connectivity index (χ0) is 13.3. The maximum Gasteiger partial charge on any atom is 0.347 e. The Morgan fingerprint density at radius 1 is 1.39 bits per heavy atom. The number of nitrogens with zero attached hydrogens (tertiary/aromatic N) is 1. The van der Waals surface area contributed by atoms with E-state index >= 15 is 0 Å². The highest BCUT2D eigenvalue weighted by molar-refractivity contribution is 9.10. The van der Waals surface area contributed by atoms with Crippen LogP contribution in [-0.2, 0) is 4.79 Å². The fourth-order valence-electron chi connectivity index (χ4n) is 1.51. The van der Waals surface area contributed by atoms with E-state index in [9.17, 15) is 4.79 Å². The summed E-state index contributed by atoms with van der Waals surface area (Å²) >= 11 is 3.43. The van der Waals surface area contributed by atoms with Crippen molar-refractivity contribution in [1.29, 1.82) is 0 Å². The molecule has 1 heterocycles. The van der Waals surface area contributed by atoms with Crippen molar-refractivity contribution in [2.75, 3.05) is 0 Å². The Balaban J connectivity index is 2.53. The Morgan fingerprint density at radius 3 is 2.78 bits per heavy atom. The number of halogens is 1. The zero-order valence-electron chi connectivity index (χ0n) is 9.98. The summed E-state index contributed by atoms with van der Waals surface area (Å²) in [6.07, 6.45) is 1.65. The Bertz CT molecular complexity index is 610. The van der Waals surface area contributed by atoms with Crippen molar-refractivity contribution >= 4 is 32.8 Å². The molecule has 0 spiro atoms. The molecule has 0 saturated carbocycles. The van der Waals surface area contributed by atoms with Crippen LogP contribution >= 0.6 is 15.9 Å². The Kier molecular flexibility index (Phi) is 3.26. The summed E-state index contributed by atoms with van der Waals surface area (Å²) in [7, 11) is 0. The predicted octanol–water partition coefficient (Wildman–Crippen LogP) is 3.24. The molecule has 0 aliphatic rings. The van der Waals surface area contributed by atoms with E-state index in [1.165, 1.54) is 13.8 Å². The van der Waals surface area contributed by atoms with Gasteiger partial charge in [0.15, 0.2) is 5.60 Å². The second kappa shape index (κ2) is 4.57. The van der Waals surface area contributed by atoms with E-state index in [4.69, 9.17) is 9.84 Å². The first-order valence-corrected chi connectivity index (χ1v) is 6.17. The molecule has 0 saturated heterocycles. The van der Waals surface area contributed by atoms with Crippen LogP contribution in [0.5, 0.6) is 5.75 Å². The summed E-state index contributed by atoms with van der Waals surface area (Å²) in [4.78, 5) is 15.3. The molecule has 2 aromatic rings. The van der Waals surface area contributed by atoms with E-state index in [1.807, 2.05) is 18.2 Å². The molecule has 0 radical (unpaired) electrons. The van der Waals surface area contributed by atoms with Gasteiger partial charge in [-0.2, -0.15) is 0 Å². The van der Waals surface area contributed by atoms with Crippen LogP contribution in [0.15, 0.2) is 34.9 Å². The molecule has 0 unspecified atom stereocenters. The van der Waals surface area contributed by atoms with Crippen LogP contribution < -0.4 is 4.74 Å². The van der Waals surface area contributed by atoms with E-state index in [-0.39, 0.29) is 0 Å². The minimum Gasteiger partial charge on any atom is -0.478 e. The number of carboxylic acid groups (broad SMARTS) is 1. The van der Waals surface area contributed by atoms with Crippen LogP contribution in [0.4, 0.5) is 0 Å². The second-order valence-electron chi connectivity index (χ2n) is 4.36. The quantitative estimate of drug-likeness (QED) is 0.945. The number of carbonyl (C=O) groups is 1. The molecule has 0 aliphatic heterocycles. The average molecular weight is 310 g/mol. The van der Waals surface area contributed by atoms with E-state index in [0.29, 0.717) is 11.3 Å². The smallest absolute Gasteiger partial charge is 0.347 e. The van der Waals surface area contributed by atoms with E-state index in [0.717, 1.165) is 9.86 Å². The van der Waals surface area contributed by atoms with Gasteiger partial charge in [0, 0.05) is 16.1 Å². The number of hydrogen-bond acceptors (Lipinski definition) is 3. The van der Waals surface area contributed by atoms with Crippen LogP contribution in [0.1, 0.15) is 13.8 Å². The molecular formula is C13H12BrNO3. The first-order chi connectivity index (χ1) is 8.42. The lowest BCUT2D eigenvalue weighted by atomic mass is 10.1. The highest BCUT2D eigenvalue weighted by Gasteiger charge is 2.30. The number of aliphatic carboxylic acids is 1. The van der Waals surface area contributed by atoms with Crippen LogP contribution in [0, 0.1) is 0 Å². The lowest BCUT2D eigenvalue weighted by molar-refractivity contribution is -0.152. The van der Waals surface area contributed by atoms with Gasteiger partial charge < -0.3 is 9.84 Å². The Labute approximate surface area is 113 Å². The van der Waals surface area contributed by atoms with Gasteiger partial charge in [0.05, 0.1) is 0 Å². The minimum absolute atomic E-state index is 0.459. The van der Waals surface area contributed by atoms with Gasteiger partial charge in [0.2, 0.25) is 0 Å². The molecule has 0 fully saturated rings. The normalized spacial score (nSPS) is 11.5. The molecule has 1 N–H and O–H groups in total. The number of pyridine rings is 1. The second-order valence-corrected chi connectivity index (χ2v) is 5.22. The van der Waals surface area contributed by atoms with Gasteiger partial charge in [-0.1, -0.05) is 22.0 Å². The summed E-state index contributed by atoms with van der Waals surface area (Å²) in [5.74, 6) is -0.560. The summed E-state index contributed by atoms with van der Waals surface area (Å²) < 4.78 is 6.44. The van der Waals surface area contributed by atoms with Crippen molar-refractivity contribution in [3.63, 3.8) is 0 Å². The van der Waals surface area contributed by atoms with Crippen molar-refractivity contribution < 1.29 is 14.6 Å². The molecule has 5 heteroatoms. The lowest BCUT2D eigenvalue weighted by Gasteiger charge is -2.22. The molecular weight excluding hydrogens is 298 g/mol. The molecule has 1 aromatic carbocycles. The average Bonchev–Trinajstić information content (AvgIpc) is 2.33. The minimum atomic E-state index is -1.29. The highest BCUT2D eigenvalue weighted by atomic mass is 79.9. The van der Waals surface area contributed by atoms with E-state index in [1.54, 1.807) is 12.3 Å². The SMILES string of the molecule is CC(C)(Oc1ccc(Br)c2cccnc12)C(=O)O. The van der Waals surface area contributed by atoms with Gasteiger partial charge in [0.25, 0.3) is 0 Å². The lowest BCUT2D eigenvalue weighted by Crippen LogP contribution is -2.37. The van der Waals surface area contributed by atoms with Gasteiger partial charge in [-0.3, -0.25) is 4.98 Å². The third-order valence-electron chi connectivity index (χ3n) is 2.56. The fraction of sp³-hybridized carbons (Fsp3) is 0.231. The van der Waals surface area contributed by atoms with E-state index < -0.39 is 11.6 Å². The predicted molar refractivity (Wildman–Crippen MR) is 71.8 cm³/mol. The summed E-state index contributed by atoms with van der Waals surface area (Å²) in [6, 6.07) is 7.24. The monoisotopic (exact) mass is 309 g/mol. The number of ether oxygens (including phenoxy) is 1. The van der Waals surface area contributed by atoms with Crippen LogP contribution in [0.2, 0.25) is 0 Å². The fourth-order valence-corrected chi connectivity index (χ4v) is 1.96. The molecule has 0 atom stereocenters. The Morgan fingerprint density at radius 2 is 2.11 bits per heavy atom. The van der Waals surface area contributed by atoms with Crippen LogP contribution in [0.25, 0.3) is 10.9 Å². The maximum atomic E-state index is 11.1. The van der Waals surface area contributed by atoms with Gasteiger partial charge in [-0.25, -0.2) is 4.79 Å². The van der Waals surface area contributed by atoms with Crippen molar-refractivity contribution in [2.45, 2.75) is 19.4 Å². The van der Waals surface area contributed by atoms with Crippen molar-refractivity contribution in [3.8, 4) is 5.75 Å². The summed E-state index contributed by atoms with van der Waals surface area (Å²) in [5, 5.41) is 9.96. The zero-order valence-corrected chi connectivity index (χ0v) is 11.6. The maximum absolute atomic E-state index is 11.1. The molecule has 2 rings (SSSR count). The largest absolute Gasteiger partial charge is 0.478 e. The highest BCUT2D eigenvalue weighted by Crippen LogP contribution is 2.31. The molecule has 18 heavy (non-hydrogen) atoms. The van der Waals surface area contributed by atoms with Crippen molar-refractivity contribution in [1.82, 2.24) is 4.98 Å². The van der Waals surface area contributed by atoms with Gasteiger partial charge in [0.1, 0.15) is 11.3 Å². The molecule has 0 bridgehead atoms. The standard InChI is InChI=1S/C13H12BrNO3/c1-13(2,12(16)17)18-10-6-5-9(14)8-4-3-7-15-11(8)10/h3-7H,1-2H3,(H,16,17). The molecule has 4 nitrogen and oxygen atoms in total. The molecule has 0 aliphatic carbocycles. The number of rotatable bonds is 3. The van der Waals surface area contributed by atoms with Crippen molar-refractivity contribution in [2.24, 2.45) is 0 Å². The van der Waals surface area contributed by atoms with Gasteiger partial charge in [-0.05, 0) is 32.0 Å². The molecule has 0 amide bonds. The number of carboxylic acids is 1. The van der Waals surface area contributed by atoms with Gasteiger partial charge in [-0.15, -0.1) is 0 Å². The number of aromatic nitrogens is 1.